The van der Waals surface area contributed by atoms with E-state index in [4.69, 9.17) is 0 Å². The van der Waals surface area contributed by atoms with Crippen LogP contribution in [0.1, 0.15) is 48.5 Å². The molecule has 0 unspecified atom stereocenters. The summed E-state index contributed by atoms with van der Waals surface area (Å²) in [6.45, 7) is 4.19. The highest BCUT2D eigenvalue weighted by atomic mass is 127. The van der Waals surface area contributed by atoms with Crippen LogP contribution in [0.2, 0.25) is 0 Å². The van der Waals surface area contributed by atoms with Gasteiger partial charge < -0.3 is 5.32 Å². The minimum absolute atomic E-state index is 0.130. The molecule has 0 aliphatic heterocycles. The number of nitrogens with zero attached hydrogens (tertiary/aromatic N) is 1. The van der Waals surface area contributed by atoms with E-state index in [1.54, 1.807) is 0 Å². The van der Waals surface area contributed by atoms with E-state index in [2.05, 4.69) is 40.9 Å². The van der Waals surface area contributed by atoms with Gasteiger partial charge in [0.05, 0.1) is 11.6 Å². The molecule has 1 aliphatic carbocycles. The molecule has 0 aromatic heterocycles. The van der Waals surface area contributed by atoms with Crippen LogP contribution in [0.25, 0.3) is 0 Å². The van der Waals surface area contributed by atoms with Crippen LogP contribution in [0.15, 0.2) is 18.2 Å². The molecule has 0 bridgehead atoms. The third-order valence-electron chi connectivity index (χ3n) is 4.13. The molecule has 3 nitrogen and oxygen atoms in total. The molecule has 0 radical (unpaired) electrons. The van der Waals surface area contributed by atoms with Gasteiger partial charge in [-0.25, -0.2) is 0 Å². The van der Waals surface area contributed by atoms with E-state index < -0.39 is 5.54 Å². The lowest BCUT2D eigenvalue weighted by Gasteiger charge is -2.34. The number of halogens is 1. The molecule has 1 saturated carbocycles. The van der Waals surface area contributed by atoms with E-state index in [0.29, 0.717) is 11.5 Å². The monoisotopic (exact) mass is 382 g/mol. The first kappa shape index (κ1) is 15.3. The number of benzene rings is 1. The van der Waals surface area contributed by atoms with Gasteiger partial charge in [-0.3, -0.25) is 4.79 Å². The standard InChI is InChI=1S/C16H19IN2O/c1-11-6-8-16(10-18,9-7-11)19-15(20)13-5-3-4-12(2)14(13)17/h3-5,11H,6-9H2,1-2H3,(H,19,20). The Labute approximate surface area is 133 Å². The average Bonchev–Trinajstić information content (AvgIpc) is 2.44. The summed E-state index contributed by atoms with van der Waals surface area (Å²) in [6, 6.07) is 8.03. The highest BCUT2D eigenvalue weighted by Gasteiger charge is 2.36. The van der Waals surface area contributed by atoms with Crippen molar-refractivity contribution in [1.82, 2.24) is 5.32 Å². The summed E-state index contributed by atoms with van der Waals surface area (Å²) < 4.78 is 0.958. The largest absolute Gasteiger partial charge is 0.334 e. The van der Waals surface area contributed by atoms with Crippen LogP contribution >= 0.6 is 22.6 Å². The van der Waals surface area contributed by atoms with Crippen LogP contribution in [0.5, 0.6) is 0 Å². The van der Waals surface area contributed by atoms with Gasteiger partial charge in [0.25, 0.3) is 5.91 Å². The van der Waals surface area contributed by atoms with Crippen molar-refractivity contribution in [1.29, 1.82) is 5.26 Å². The predicted molar refractivity (Wildman–Crippen MR) is 87.3 cm³/mol. The number of aryl methyl sites for hydroxylation is 1. The number of carbonyl (C=O) groups excluding carboxylic acids is 1. The molecular formula is C16H19IN2O. The Morgan fingerprint density at radius 1 is 1.45 bits per heavy atom. The number of carbonyl (C=O) groups is 1. The second kappa shape index (κ2) is 6.13. The summed E-state index contributed by atoms with van der Waals surface area (Å²) >= 11 is 2.19. The molecule has 0 heterocycles. The maximum absolute atomic E-state index is 12.5. The lowest BCUT2D eigenvalue weighted by Crippen LogP contribution is -2.49. The summed E-state index contributed by atoms with van der Waals surface area (Å²) in [5.41, 5.74) is 1.07. The molecule has 0 spiro atoms. The Bertz CT molecular complexity index is 554. The fraction of sp³-hybridized carbons (Fsp3) is 0.500. The molecule has 1 N–H and O–H groups in total. The Balaban J connectivity index is 2.18. The molecule has 2 rings (SSSR count). The zero-order chi connectivity index (χ0) is 14.8. The molecule has 106 valence electrons. The van der Waals surface area contributed by atoms with Gasteiger partial charge in [-0.15, -0.1) is 0 Å². The smallest absolute Gasteiger partial charge is 0.253 e. The van der Waals surface area contributed by atoms with Crippen molar-refractivity contribution >= 4 is 28.5 Å². The summed E-state index contributed by atoms with van der Waals surface area (Å²) in [4.78, 5) is 12.5. The van der Waals surface area contributed by atoms with Crippen molar-refractivity contribution in [3.05, 3.63) is 32.9 Å². The maximum Gasteiger partial charge on any atom is 0.253 e. The van der Waals surface area contributed by atoms with E-state index in [9.17, 15) is 10.1 Å². The van der Waals surface area contributed by atoms with Crippen LogP contribution in [-0.2, 0) is 0 Å². The van der Waals surface area contributed by atoms with Gasteiger partial charge in [0.1, 0.15) is 5.54 Å². The average molecular weight is 382 g/mol. The van der Waals surface area contributed by atoms with Gasteiger partial charge in [0, 0.05) is 3.57 Å². The number of hydrogen-bond acceptors (Lipinski definition) is 2. The SMILES string of the molecule is Cc1cccc(C(=O)NC2(C#N)CCC(C)CC2)c1I. The molecule has 4 heteroatoms. The summed E-state index contributed by atoms with van der Waals surface area (Å²) in [6.07, 6.45) is 3.50. The normalized spacial score (nSPS) is 25.8. The van der Waals surface area contributed by atoms with Crippen molar-refractivity contribution in [3.8, 4) is 6.07 Å². The van der Waals surface area contributed by atoms with Crippen molar-refractivity contribution in [3.63, 3.8) is 0 Å². The number of hydrogen-bond donors (Lipinski definition) is 1. The Kier molecular flexibility index (Phi) is 4.69. The predicted octanol–water partition coefficient (Wildman–Crippen LogP) is 3.80. The van der Waals surface area contributed by atoms with Crippen LogP contribution < -0.4 is 5.32 Å². The zero-order valence-corrected chi connectivity index (χ0v) is 14.0. The van der Waals surface area contributed by atoms with Crippen LogP contribution in [0.4, 0.5) is 0 Å². The molecule has 0 atom stereocenters. The second-order valence-electron chi connectivity index (χ2n) is 5.77. The van der Waals surface area contributed by atoms with E-state index in [0.717, 1.165) is 34.8 Å². The number of amides is 1. The van der Waals surface area contributed by atoms with E-state index in [-0.39, 0.29) is 5.91 Å². The second-order valence-corrected chi connectivity index (χ2v) is 6.85. The molecule has 1 aromatic carbocycles. The Morgan fingerprint density at radius 2 is 2.10 bits per heavy atom. The quantitative estimate of drug-likeness (QED) is 0.792. The Morgan fingerprint density at radius 3 is 2.70 bits per heavy atom. The summed E-state index contributed by atoms with van der Waals surface area (Å²) in [7, 11) is 0. The van der Waals surface area contributed by atoms with Crippen LogP contribution in [0.3, 0.4) is 0 Å². The van der Waals surface area contributed by atoms with Crippen molar-refractivity contribution in [2.24, 2.45) is 5.92 Å². The highest BCUT2D eigenvalue weighted by Crippen LogP contribution is 2.32. The molecule has 1 amide bonds. The van der Waals surface area contributed by atoms with Crippen LogP contribution in [0, 0.1) is 27.7 Å². The Hall–Kier alpha value is -1.09. The molecular weight excluding hydrogens is 363 g/mol. The highest BCUT2D eigenvalue weighted by molar-refractivity contribution is 14.1. The van der Waals surface area contributed by atoms with E-state index >= 15 is 0 Å². The topological polar surface area (TPSA) is 52.9 Å². The molecule has 1 aromatic rings. The van der Waals surface area contributed by atoms with Gasteiger partial charge in [-0.1, -0.05) is 19.1 Å². The fourth-order valence-electron chi connectivity index (χ4n) is 2.63. The minimum atomic E-state index is -0.684. The van der Waals surface area contributed by atoms with E-state index in [1.165, 1.54) is 0 Å². The van der Waals surface area contributed by atoms with Crippen molar-refractivity contribution in [2.45, 2.75) is 45.1 Å². The lowest BCUT2D eigenvalue weighted by atomic mass is 9.78. The first-order valence-corrected chi connectivity index (χ1v) is 8.04. The number of rotatable bonds is 2. The molecule has 1 fully saturated rings. The van der Waals surface area contributed by atoms with Crippen molar-refractivity contribution < 1.29 is 4.79 Å². The number of nitriles is 1. The maximum atomic E-state index is 12.5. The summed E-state index contributed by atoms with van der Waals surface area (Å²) in [5, 5.41) is 12.5. The third kappa shape index (κ3) is 3.14. The number of nitrogens with one attached hydrogen (secondary N) is 1. The molecule has 0 saturated heterocycles. The third-order valence-corrected chi connectivity index (χ3v) is 5.56. The van der Waals surface area contributed by atoms with Gasteiger partial charge in [0.15, 0.2) is 0 Å². The lowest BCUT2D eigenvalue weighted by molar-refractivity contribution is 0.0893. The van der Waals surface area contributed by atoms with Crippen LogP contribution in [-0.4, -0.2) is 11.4 Å². The first-order valence-electron chi connectivity index (χ1n) is 6.96. The minimum Gasteiger partial charge on any atom is -0.334 e. The molecule has 1 aliphatic rings. The van der Waals surface area contributed by atoms with Gasteiger partial charge in [0.2, 0.25) is 0 Å². The fourth-order valence-corrected chi connectivity index (χ4v) is 3.23. The summed E-state index contributed by atoms with van der Waals surface area (Å²) in [5.74, 6) is 0.515. The van der Waals surface area contributed by atoms with Gasteiger partial charge in [-0.05, 0) is 72.7 Å². The van der Waals surface area contributed by atoms with Gasteiger partial charge >= 0.3 is 0 Å². The van der Waals surface area contributed by atoms with Gasteiger partial charge in [-0.2, -0.15) is 5.26 Å². The van der Waals surface area contributed by atoms with Crippen molar-refractivity contribution in [2.75, 3.05) is 0 Å². The first-order chi connectivity index (χ1) is 9.47. The molecule has 20 heavy (non-hydrogen) atoms. The van der Waals surface area contributed by atoms with E-state index in [1.807, 2.05) is 25.1 Å². The zero-order valence-electron chi connectivity index (χ0n) is 11.9.